The van der Waals surface area contributed by atoms with Crippen molar-refractivity contribution in [3.8, 4) is 11.6 Å². The first kappa shape index (κ1) is 20.1. The highest BCUT2D eigenvalue weighted by Gasteiger charge is 2.31. The van der Waals surface area contributed by atoms with Crippen LogP contribution in [-0.4, -0.2) is 44.0 Å². The third-order valence-electron chi connectivity index (χ3n) is 5.50. The van der Waals surface area contributed by atoms with E-state index in [-0.39, 0.29) is 17.9 Å². The van der Waals surface area contributed by atoms with Crippen LogP contribution >= 0.6 is 0 Å². The van der Waals surface area contributed by atoms with Crippen molar-refractivity contribution in [2.75, 3.05) is 13.7 Å². The fraction of sp³-hybridized carbons (Fsp3) is 0.391. The summed E-state index contributed by atoms with van der Waals surface area (Å²) in [6, 6.07) is 7.60. The van der Waals surface area contributed by atoms with Gasteiger partial charge in [0.15, 0.2) is 5.82 Å². The Morgan fingerprint density at radius 1 is 1.23 bits per heavy atom. The van der Waals surface area contributed by atoms with Gasteiger partial charge in [0.1, 0.15) is 11.6 Å². The summed E-state index contributed by atoms with van der Waals surface area (Å²) in [5.74, 6) is 2.86. The molecular weight excluding hydrogens is 378 g/mol. The molecule has 0 N–H and O–H groups in total. The molecular formula is C23H27N5O2. The molecule has 1 saturated heterocycles. The van der Waals surface area contributed by atoms with Crippen LogP contribution < -0.4 is 4.74 Å². The molecule has 1 atom stereocenters. The van der Waals surface area contributed by atoms with Crippen molar-refractivity contribution in [2.24, 2.45) is 0 Å². The smallest absolute Gasteiger partial charge is 0.227 e. The van der Waals surface area contributed by atoms with Gasteiger partial charge >= 0.3 is 0 Å². The zero-order chi connectivity index (χ0) is 21.1. The van der Waals surface area contributed by atoms with Crippen LogP contribution in [0.15, 0.2) is 49.1 Å². The lowest BCUT2D eigenvalue weighted by Crippen LogP contribution is -2.32. The lowest BCUT2D eigenvalue weighted by molar-refractivity contribution is -0.131. The van der Waals surface area contributed by atoms with Gasteiger partial charge in [0, 0.05) is 24.9 Å². The number of benzene rings is 1. The Bertz CT molecular complexity index is 1010. The van der Waals surface area contributed by atoms with Crippen LogP contribution in [0.3, 0.4) is 0 Å². The number of methoxy groups -OCH3 is 1. The zero-order valence-electron chi connectivity index (χ0n) is 17.7. The van der Waals surface area contributed by atoms with E-state index in [0.717, 1.165) is 48.0 Å². The molecule has 0 saturated carbocycles. The van der Waals surface area contributed by atoms with E-state index < -0.39 is 0 Å². The van der Waals surface area contributed by atoms with Crippen LogP contribution in [-0.2, 0) is 11.2 Å². The van der Waals surface area contributed by atoms with Crippen LogP contribution in [0.1, 0.15) is 55.7 Å². The van der Waals surface area contributed by atoms with E-state index in [1.807, 2.05) is 39.9 Å². The Morgan fingerprint density at radius 3 is 2.77 bits per heavy atom. The molecule has 3 aromatic rings. The molecule has 1 aliphatic rings. The van der Waals surface area contributed by atoms with Crippen molar-refractivity contribution in [1.29, 1.82) is 0 Å². The number of rotatable bonds is 6. The summed E-state index contributed by atoms with van der Waals surface area (Å²) in [6.07, 6.45) is 9.44. The normalized spacial score (nSPS) is 16.3. The van der Waals surface area contributed by atoms with Crippen molar-refractivity contribution in [1.82, 2.24) is 24.4 Å². The van der Waals surface area contributed by atoms with Gasteiger partial charge in [-0.05, 0) is 30.5 Å². The fourth-order valence-corrected chi connectivity index (χ4v) is 3.98. The number of amides is 1. The first-order chi connectivity index (χ1) is 14.6. The van der Waals surface area contributed by atoms with E-state index in [1.165, 1.54) is 0 Å². The van der Waals surface area contributed by atoms with E-state index in [1.54, 1.807) is 25.7 Å². The molecule has 0 spiro atoms. The van der Waals surface area contributed by atoms with Crippen molar-refractivity contribution >= 4 is 5.91 Å². The molecule has 1 unspecified atom stereocenters. The van der Waals surface area contributed by atoms with Crippen LogP contribution in [0.2, 0.25) is 0 Å². The first-order valence-corrected chi connectivity index (χ1v) is 10.3. The van der Waals surface area contributed by atoms with E-state index in [2.05, 4.69) is 23.8 Å². The van der Waals surface area contributed by atoms with Crippen LogP contribution in [0.5, 0.6) is 5.75 Å². The summed E-state index contributed by atoms with van der Waals surface area (Å²) in [5, 5.41) is 0. The summed E-state index contributed by atoms with van der Waals surface area (Å²) in [4.78, 5) is 28.7. The molecule has 7 heteroatoms. The highest BCUT2D eigenvalue weighted by atomic mass is 16.5. The quantitative estimate of drug-likeness (QED) is 0.625. The van der Waals surface area contributed by atoms with Crippen LogP contribution in [0, 0.1) is 0 Å². The summed E-state index contributed by atoms with van der Waals surface area (Å²) < 4.78 is 7.17. The van der Waals surface area contributed by atoms with E-state index in [0.29, 0.717) is 6.42 Å². The number of carbonyl (C=O) groups excluding carboxylic acids is 1. The third kappa shape index (κ3) is 4.06. The van der Waals surface area contributed by atoms with Gasteiger partial charge in [-0.2, -0.15) is 0 Å². The largest absolute Gasteiger partial charge is 0.497 e. The van der Waals surface area contributed by atoms with E-state index in [4.69, 9.17) is 9.72 Å². The minimum atomic E-state index is -0.0470. The molecule has 3 heterocycles. The standard InChI is InChI=1S/C23H27N5O2/c1-16(2)23-25-10-12-28(23)21-15-24-14-19(26-21)20-5-4-11-27(20)22(29)13-17-6-8-18(30-3)9-7-17/h6-10,12,14-16,20H,4-5,11,13H2,1-3H3. The minimum absolute atomic E-state index is 0.0470. The molecule has 0 radical (unpaired) electrons. The molecule has 0 aliphatic carbocycles. The summed E-state index contributed by atoms with van der Waals surface area (Å²) in [5.41, 5.74) is 1.81. The number of imidazole rings is 1. The van der Waals surface area contributed by atoms with Crippen LogP contribution in [0.25, 0.3) is 5.82 Å². The lowest BCUT2D eigenvalue weighted by Gasteiger charge is -2.24. The van der Waals surface area contributed by atoms with Gasteiger partial charge in [0.05, 0.1) is 37.7 Å². The van der Waals surface area contributed by atoms with E-state index in [9.17, 15) is 4.79 Å². The predicted octanol–water partition coefficient (Wildman–Crippen LogP) is 3.70. The maximum absolute atomic E-state index is 13.0. The molecule has 1 fully saturated rings. The molecule has 4 rings (SSSR count). The Hall–Kier alpha value is -3.22. The van der Waals surface area contributed by atoms with Crippen molar-refractivity contribution < 1.29 is 9.53 Å². The molecule has 2 aromatic heterocycles. The van der Waals surface area contributed by atoms with Gasteiger partial charge in [-0.25, -0.2) is 9.97 Å². The predicted molar refractivity (Wildman–Crippen MR) is 114 cm³/mol. The molecule has 30 heavy (non-hydrogen) atoms. The second-order valence-electron chi connectivity index (χ2n) is 7.88. The molecule has 1 aliphatic heterocycles. The van der Waals surface area contributed by atoms with Gasteiger partial charge in [-0.3, -0.25) is 14.3 Å². The molecule has 156 valence electrons. The molecule has 0 bridgehead atoms. The second-order valence-corrected chi connectivity index (χ2v) is 7.88. The second kappa shape index (κ2) is 8.65. The van der Waals surface area contributed by atoms with Gasteiger partial charge in [0.2, 0.25) is 5.91 Å². The summed E-state index contributed by atoms with van der Waals surface area (Å²) in [6.45, 7) is 4.95. The van der Waals surface area contributed by atoms with Crippen molar-refractivity contribution in [2.45, 2.75) is 45.1 Å². The fourth-order valence-electron chi connectivity index (χ4n) is 3.98. The van der Waals surface area contributed by atoms with Gasteiger partial charge in [-0.1, -0.05) is 26.0 Å². The average Bonchev–Trinajstić information content (AvgIpc) is 3.44. The zero-order valence-corrected chi connectivity index (χ0v) is 17.7. The Balaban J connectivity index is 1.54. The highest BCUT2D eigenvalue weighted by Crippen LogP contribution is 2.31. The van der Waals surface area contributed by atoms with Crippen molar-refractivity contribution in [3.05, 3.63) is 66.1 Å². The highest BCUT2D eigenvalue weighted by molar-refractivity contribution is 5.79. The lowest BCUT2D eigenvalue weighted by atomic mass is 10.1. The van der Waals surface area contributed by atoms with E-state index >= 15 is 0 Å². The van der Waals surface area contributed by atoms with Gasteiger partial charge < -0.3 is 9.64 Å². The van der Waals surface area contributed by atoms with Crippen LogP contribution in [0.4, 0.5) is 0 Å². The maximum Gasteiger partial charge on any atom is 0.227 e. The first-order valence-electron chi connectivity index (χ1n) is 10.3. The number of likely N-dealkylation sites (tertiary alicyclic amines) is 1. The Morgan fingerprint density at radius 2 is 2.03 bits per heavy atom. The Labute approximate surface area is 176 Å². The molecule has 1 amide bonds. The number of hydrogen-bond acceptors (Lipinski definition) is 5. The van der Waals surface area contributed by atoms with Gasteiger partial charge in [-0.15, -0.1) is 0 Å². The minimum Gasteiger partial charge on any atom is -0.497 e. The monoisotopic (exact) mass is 405 g/mol. The summed E-state index contributed by atoms with van der Waals surface area (Å²) >= 11 is 0. The number of aromatic nitrogens is 4. The molecule has 7 nitrogen and oxygen atoms in total. The number of ether oxygens (including phenoxy) is 1. The van der Waals surface area contributed by atoms with Crippen molar-refractivity contribution in [3.63, 3.8) is 0 Å². The topological polar surface area (TPSA) is 73.1 Å². The average molecular weight is 406 g/mol. The molecule has 1 aromatic carbocycles. The van der Waals surface area contributed by atoms with Gasteiger partial charge in [0.25, 0.3) is 0 Å². The summed E-state index contributed by atoms with van der Waals surface area (Å²) in [7, 11) is 1.64. The number of hydrogen-bond donors (Lipinski definition) is 0. The SMILES string of the molecule is COc1ccc(CC(=O)N2CCCC2c2cncc(-n3ccnc3C(C)C)n2)cc1. The third-order valence-corrected chi connectivity index (χ3v) is 5.50. The number of nitrogens with zero attached hydrogens (tertiary/aromatic N) is 5. The Kier molecular flexibility index (Phi) is 5.79. The number of carbonyl (C=O) groups is 1. The maximum atomic E-state index is 13.0.